The van der Waals surface area contributed by atoms with Crippen LogP contribution in [0.5, 0.6) is 0 Å². The zero-order valence-corrected chi connectivity index (χ0v) is 18.9. The number of carbonyl (C=O) groups excluding carboxylic acids is 3. The standard InChI is InChI=1S/C26H28N4O3/c1-28-11-8-22-20(15-29-9-2-3-10-29)14-24(27-25(22)28)18-6-7-23-19(13-18)16-30(26(23)33)21(17-32)5-4-12-31/h6-8,11-14,17,21H,2-5,9-10,15-16H2,1H3. The van der Waals surface area contributed by atoms with E-state index in [1.165, 1.54) is 23.8 Å². The first kappa shape index (κ1) is 21.5. The lowest BCUT2D eigenvalue weighted by atomic mass is 10.0. The molecule has 2 aromatic heterocycles. The molecular weight excluding hydrogens is 416 g/mol. The van der Waals surface area contributed by atoms with Crippen LogP contribution in [0.15, 0.2) is 36.5 Å². The van der Waals surface area contributed by atoms with E-state index in [1.807, 2.05) is 36.0 Å². The average molecular weight is 445 g/mol. The van der Waals surface area contributed by atoms with E-state index in [-0.39, 0.29) is 12.3 Å². The number of rotatable bonds is 8. The van der Waals surface area contributed by atoms with Gasteiger partial charge in [0.15, 0.2) is 0 Å². The summed E-state index contributed by atoms with van der Waals surface area (Å²) in [6.07, 6.45) is 6.71. The molecule has 1 saturated heterocycles. The molecule has 1 fully saturated rings. The monoisotopic (exact) mass is 444 g/mol. The maximum absolute atomic E-state index is 12.9. The van der Waals surface area contributed by atoms with Gasteiger partial charge in [0.1, 0.15) is 18.2 Å². The summed E-state index contributed by atoms with van der Waals surface area (Å²) in [5.41, 5.74) is 5.59. The van der Waals surface area contributed by atoms with Crippen LogP contribution in [0.4, 0.5) is 0 Å². The van der Waals surface area contributed by atoms with Gasteiger partial charge >= 0.3 is 0 Å². The maximum Gasteiger partial charge on any atom is 0.255 e. The summed E-state index contributed by atoms with van der Waals surface area (Å²) < 4.78 is 2.05. The van der Waals surface area contributed by atoms with Crippen molar-refractivity contribution in [2.24, 2.45) is 7.05 Å². The van der Waals surface area contributed by atoms with Crippen molar-refractivity contribution in [1.29, 1.82) is 0 Å². The quantitative estimate of drug-likeness (QED) is 0.498. The number of pyridine rings is 1. The lowest BCUT2D eigenvalue weighted by Gasteiger charge is -2.22. The Morgan fingerprint density at radius 2 is 1.94 bits per heavy atom. The van der Waals surface area contributed by atoms with Crippen LogP contribution < -0.4 is 0 Å². The van der Waals surface area contributed by atoms with Crippen molar-refractivity contribution in [3.8, 4) is 11.3 Å². The highest BCUT2D eigenvalue weighted by Crippen LogP contribution is 2.32. The van der Waals surface area contributed by atoms with Crippen molar-refractivity contribution in [2.75, 3.05) is 13.1 Å². The molecule has 2 aliphatic rings. The molecule has 4 heterocycles. The Labute approximate surface area is 193 Å². The van der Waals surface area contributed by atoms with Gasteiger partial charge in [0.2, 0.25) is 0 Å². The first-order valence-corrected chi connectivity index (χ1v) is 11.6. The summed E-state index contributed by atoms with van der Waals surface area (Å²) in [6, 6.07) is 9.53. The molecule has 0 saturated carbocycles. The van der Waals surface area contributed by atoms with E-state index in [4.69, 9.17) is 4.98 Å². The molecule has 2 aliphatic heterocycles. The lowest BCUT2D eigenvalue weighted by Crippen LogP contribution is -2.36. The fourth-order valence-electron chi connectivity index (χ4n) is 5.07. The van der Waals surface area contributed by atoms with Crippen LogP contribution in [0.2, 0.25) is 0 Å². The number of aryl methyl sites for hydroxylation is 1. The molecule has 0 N–H and O–H groups in total. The van der Waals surface area contributed by atoms with E-state index < -0.39 is 6.04 Å². The van der Waals surface area contributed by atoms with Crippen LogP contribution in [0.1, 0.15) is 47.2 Å². The number of nitrogens with zero attached hydrogens (tertiary/aromatic N) is 4. The molecule has 0 radical (unpaired) electrons. The largest absolute Gasteiger partial charge is 0.336 e. The second-order valence-electron chi connectivity index (χ2n) is 9.07. The average Bonchev–Trinajstić information content (AvgIpc) is 3.55. The van der Waals surface area contributed by atoms with Gasteiger partial charge in [-0.3, -0.25) is 9.69 Å². The van der Waals surface area contributed by atoms with Crippen LogP contribution in [0, 0.1) is 0 Å². The highest BCUT2D eigenvalue weighted by Gasteiger charge is 2.32. The predicted octanol–water partition coefficient (Wildman–Crippen LogP) is 3.34. The maximum atomic E-state index is 12.9. The normalized spacial score (nSPS) is 17.0. The van der Waals surface area contributed by atoms with Gasteiger partial charge in [-0.15, -0.1) is 0 Å². The molecule has 7 heteroatoms. The Kier molecular flexibility index (Phi) is 5.81. The zero-order valence-electron chi connectivity index (χ0n) is 18.9. The summed E-state index contributed by atoms with van der Waals surface area (Å²) >= 11 is 0. The molecular formula is C26H28N4O3. The molecule has 170 valence electrons. The summed E-state index contributed by atoms with van der Waals surface area (Å²) in [7, 11) is 2.01. The van der Waals surface area contributed by atoms with Crippen LogP contribution >= 0.6 is 0 Å². The fraction of sp³-hybridized carbons (Fsp3) is 0.385. The van der Waals surface area contributed by atoms with Crippen molar-refractivity contribution in [2.45, 2.75) is 44.8 Å². The molecule has 7 nitrogen and oxygen atoms in total. The third-order valence-corrected chi connectivity index (χ3v) is 6.89. The Hall–Kier alpha value is -3.32. The number of aldehydes is 2. The minimum absolute atomic E-state index is 0.153. The SMILES string of the molecule is Cn1ccc2c(CN3CCCC3)cc(-c3ccc4c(c3)CN(C(C=O)CCC=O)C4=O)nc21. The second-order valence-corrected chi connectivity index (χ2v) is 9.07. The molecule has 1 aromatic carbocycles. The number of hydrogen-bond donors (Lipinski definition) is 0. The van der Waals surface area contributed by atoms with E-state index in [1.54, 1.807) is 4.90 Å². The van der Waals surface area contributed by atoms with Gasteiger partial charge in [0, 0.05) is 49.3 Å². The number of aromatic nitrogens is 2. The number of benzene rings is 1. The van der Waals surface area contributed by atoms with E-state index in [9.17, 15) is 14.4 Å². The molecule has 0 bridgehead atoms. The Morgan fingerprint density at radius 1 is 1.12 bits per heavy atom. The van der Waals surface area contributed by atoms with Crippen LogP contribution in [0.25, 0.3) is 22.3 Å². The molecule has 33 heavy (non-hydrogen) atoms. The van der Waals surface area contributed by atoms with Crippen molar-refractivity contribution in [3.05, 3.63) is 53.2 Å². The van der Waals surface area contributed by atoms with Crippen molar-refractivity contribution in [1.82, 2.24) is 19.4 Å². The summed E-state index contributed by atoms with van der Waals surface area (Å²) in [4.78, 5) is 44.2. The predicted molar refractivity (Wildman–Crippen MR) is 126 cm³/mol. The van der Waals surface area contributed by atoms with Crippen LogP contribution in [-0.2, 0) is 29.7 Å². The highest BCUT2D eigenvalue weighted by atomic mass is 16.2. The van der Waals surface area contributed by atoms with Gasteiger partial charge < -0.3 is 19.1 Å². The fourth-order valence-corrected chi connectivity index (χ4v) is 5.07. The molecule has 0 spiro atoms. The Bertz CT molecular complexity index is 1230. The number of hydrogen-bond acceptors (Lipinski definition) is 5. The number of likely N-dealkylation sites (tertiary alicyclic amines) is 1. The van der Waals surface area contributed by atoms with Crippen molar-refractivity contribution >= 4 is 29.5 Å². The van der Waals surface area contributed by atoms with Gasteiger partial charge in [-0.2, -0.15) is 0 Å². The van der Waals surface area contributed by atoms with Crippen molar-refractivity contribution < 1.29 is 14.4 Å². The molecule has 5 rings (SSSR count). The highest BCUT2D eigenvalue weighted by molar-refractivity contribution is 6.00. The molecule has 1 unspecified atom stereocenters. The summed E-state index contributed by atoms with van der Waals surface area (Å²) in [5, 5.41) is 1.18. The molecule has 1 amide bonds. The number of carbonyl (C=O) groups is 3. The number of amides is 1. The summed E-state index contributed by atoms with van der Waals surface area (Å²) in [6.45, 7) is 3.54. The van der Waals surface area contributed by atoms with E-state index in [0.29, 0.717) is 18.5 Å². The van der Waals surface area contributed by atoms with Crippen LogP contribution in [0.3, 0.4) is 0 Å². The van der Waals surface area contributed by atoms with E-state index >= 15 is 0 Å². The third-order valence-electron chi connectivity index (χ3n) is 6.89. The van der Waals surface area contributed by atoms with Gasteiger partial charge in [-0.1, -0.05) is 6.07 Å². The van der Waals surface area contributed by atoms with E-state index in [2.05, 4.69) is 17.0 Å². The first-order chi connectivity index (χ1) is 16.1. The Morgan fingerprint density at radius 3 is 2.70 bits per heavy atom. The molecule has 0 aliphatic carbocycles. The third kappa shape index (κ3) is 3.97. The summed E-state index contributed by atoms with van der Waals surface area (Å²) in [5.74, 6) is -0.153. The first-order valence-electron chi connectivity index (χ1n) is 11.6. The topological polar surface area (TPSA) is 75.5 Å². The van der Waals surface area contributed by atoms with Gasteiger partial charge in [0.25, 0.3) is 5.91 Å². The minimum Gasteiger partial charge on any atom is -0.336 e. The smallest absolute Gasteiger partial charge is 0.255 e. The lowest BCUT2D eigenvalue weighted by molar-refractivity contribution is -0.112. The van der Waals surface area contributed by atoms with Crippen molar-refractivity contribution in [3.63, 3.8) is 0 Å². The molecule has 1 atom stereocenters. The number of fused-ring (bicyclic) bond motifs is 2. The van der Waals surface area contributed by atoms with Gasteiger partial charge in [-0.25, -0.2) is 4.98 Å². The second kappa shape index (κ2) is 8.90. The van der Waals surface area contributed by atoms with Crippen LogP contribution in [-0.4, -0.2) is 57.0 Å². The minimum atomic E-state index is -0.580. The molecule has 3 aromatic rings. The van der Waals surface area contributed by atoms with E-state index in [0.717, 1.165) is 54.7 Å². The zero-order chi connectivity index (χ0) is 22.9. The van der Waals surface area contributed by atoms with Gasteiger partial charge in [0.05, 0.1) is 11.7 Å². The Balaban J connectivity index is 1.49. The van der Waals surface area contributed by atoms with Gasteiger partial charge in [-0.05, 0) is 67.7 Å².